The highest BCUT2D eigenvalue weighted by molar-refractivity contribution is 5.77. The molecule has 34 heavy (non-hydrogen) atoms. The molecule has 0 aromatic heterocycles. The Morgan fingerprint density at radius 3 is 2.38 bits per heavy atom. The Hall–Kier alpha value is -2.29. The van der Waals surface area contributed by atoms with Crippen LogP contribution in [0.15, 0.2) is 36.0 Å². The molecule has 1 saturated heterocycles. The summed E-state index contributed by atoms with van der Waals surface area (Å²) >= 11 is 0. The fourth-order valence-electron chi connectivity index (χ4n) is 8.52. The molecule has 1 N–H and O–H groups in total. The van der Waals surface area contributed by atoms with E-state index in [0.717, 1.165) is 38.5 Å². The fraction of sp³-hybridized carbons (Fsp3) is 0.643. The number of piperidine rings is 1. The summed E-state index contributed by atoms with van der Waals surface area (Å²) in [6.07, 6.45) is 2.20. The van der Waals surface area contributed by atoms with Crippen LogP contribution in [0.5, 0.6) is 0 Å². The molecular formula is C28H33F3N2O. The van der Waals surface area contributed by atoms with Gasteiger partial charge in [-0.15, -0.1) is 0 Å². The van der Waals surface area contributed by atoms with Crippen LogP contribution in [0.4, 0.5) is 13.2 Å². The SMILES string of the molecule is [C-]#[N+]C(=C(c1ccccc1)C(F)(F)F)[C@H]1CC[C@H]2[C@@H]3CC[C@H]4NC(=O)CC[C@]4(C)[C@H]3CC[C@]12C. The highest BCUT2D eigenvalue weighted by atomic mass is 19.4. The average Bonchev–Trinajstić information content (AvgIpc) is 3.14. The van der Waals surface area contributed by atoms with E-state index in [1.165, 1.54) is 12.1 Å². The van der Waals surface area contributed by atoms with Crippen LogP contribution in [-0.2, 0) is 4.79 Å². The Bertz CT molecular complexity index is 1040. The van der Waals surface area contributed by atoms with Crippen LogP contribution in [0.25, 0.3) is 10.4 Å². The number of allylic oxidation sites excluding steroid dienone is 2. The van der Waals surface area contributed by atoms with Gasteiger partial charge in [-0.25, -0.2) is 4.85 Å². The molecule has 0 unspecified atom stereocenters. The highest BCUT2D eigenvalue weighted by Gasteiger charge is 2.61. The summed E-state index contributed by atoms with van der Waals surface area (Å²) in [5.41, 5.74) is -0.981. The standard InChI is InChI=1S/C28H33F3N2O/c1-26-15-13-20-18(9-12-22-27(20,2)16-14-23(34)33-22)19(26)10-11-21(26)25(32-3)24(28(29,30)31)17-7-5-4-6-8-17/h4-8,18-22H,9-16H2,1-2H3,(H,33,34)/t18-,19-,20-,21+,22+,26-,27+/m0/s1. The number of rotatable bonds is 2. The second-order valence-corrected chi connectivity index (χ2v) is 11.5. The van der Waals surface area contributed by atoms with Crippen LogP contribution in [-0.4, -0.2) is 18.1 Å². The lowest BCUT2D eigenvalue weighted by Gasteiger charge is -2.60. The molecule has 3 aliphatic carbocycles. The van der Waals surface area contributed by atoms with Gasteiger partial charge in [0, 0.05) is 12.5 Å². The molecule has 0 spiro atoms. The predicted octanol–water partition coefficient (Wildman–Crippen LogP) is 7.02. The molecule has 4 aliphatic rings. The van der Waals surface area contributed by atoms with Gasteiger partial charge in [0.25, 0.3) is 0 Å². The maximum Gasteiger partial charge on any atom is 0.407 e. The van der Waals surface area contributed by atoms with Gasteiger partial charge in [0.2, 0.25) is 5.91 Å². The molecular weight excluding hydrogens is 437 g/mol. The van der Waals surface area contributed by atoms with Crippen LogP contribution < -0.4 is 5.32 Å². The third-order valence-electron chi connectivity index (χ3n) is 10.1. The number of alkyl halides is 3. The van der Waals surface area contributed by atoms with E-state index in [-0.39, 0.29) is 40.0 Å². The Labute approximate surface area is 200 Å². The Morgan fingerprint density at radius 1 is 1.00 bits per heavy atom. The van der Waals surface area contributed by atoms with Crippen molar-refractivity contribution >= 4 is 11.5 Å². The van der Waals surface area contributed by atoms with E-state index in [2.05, 4.69) is 24.0 Å². The summed E-state index contributed by atoms with van der Waals surface area (Å²) in [6.45, 7) is 12.3. The zero-order valence-corrected chi connectivity index (χ0v) is 19.9. The second kappa shape index (κ2) is 8.14. The zero-order valence-electron chi connectivity index (χ0n) is 19.9. The first-order chi connectivity index (χ1) is 16.1. The molecule has 1 aliphatic heterocycles. The summed E-state index contributed by atoms with van der Waals surface area (Å²) in [7, 11) is 0. The van der Waals surface area contributed by atoms with Gasteiger partial charge in [-0.1, -0.05) is 57.0 Å². The van der Waals surface area contributed by atoms with E-state index in [4.69, 9.17) is 6.57 Å². The van der Waals surface area contributed by atoms with Crippen molar-refractivity contribution in [2.45, 2.75) is 77.4 Å². The highest BCUT2D eigenvalue weighted by Crippen LogP contribution is 2.67. The van der Waals surface area contributed by atoms with Crippen LogP contribution >= 0.6 is 0 Å². The van der Waals surface area contributed by atoms with Crippen molar-refractivity contribution in [1.82, 2.24) is 5.32 Å². The molecule has 7 atom stereocenters. The lowest BCUT2D eigenvalue weighted by Crippen LogP contribution is -2.61. The van der Waals surface area contributed by atoms with Crippen LogP contribution in [0.2, 0.25) is 0 Å². The topological polar surface area (TPSA) is 33.5 Å². The molecule has 3 nitrogen and oxygen atoms in total. The van der Waals surface area contributed by atoms with E-state index >= 15 is 0 Å². The smallest absolute Gasteiger partial charge is 0.353 e. The minimum absolute atomic E-state index is 0.0654. The van der Waals surface area contributed by atoms with E-state index in [0.29, 0.717) is 30.6 Å². The van der Waals surface area contributed by atoms with Crippen molar-refractivity contribution < 1.29 is 18.0 Å². The molecule has 1 heterocycles. The molecule has 182 valence electrons. The van der Waals surface area contributed by atoms with Gasteiger partial charge in [-0.3, -0.25) is 4.79 Å². The molecule has 1 aromatic carbocycles. The molecule has 1 amide bonds. The molecule has 0 radical (unpaired) electrons. The van der Waals surface area contributed by atoms with E-state index in [1.54, 1.807) is 18.2 Å². The number of nitrogens with zero attached hydrogens (tertiary/aromatic N) is 1. The normalized spacial score (nSPS) is 40.2. The summed E-state index contributed by atoms with van der Waals surface area (Å²) < 4.78 is 43.0. The predicted molar refractivity (Wildman–Crippen MR) is 125 cm³/mol. The lowest BCUT2D eigenvalue weighted by atomic mass is 9.47. The third kappa shape index (κ3) is 3.49. The molecule has 6 heteroatoms. The van der Waals surface area contributed by atoms with Crippen molar-refractivity contribution in [2.24, 2.45) is 34.5 Å². The first kappa shape index (κ1) is 23.5. The van der Waals surface area contributed by atoms with E-state index < -0.39 is 11.7 Å². The Morgan fingerprint density at radius 2 is 1.71 bits per heavy atom. The maximum absolute atomic E-state index is 14.3. The number of amides is 1. The number of carbonyl (C=O) groups is 1. The summed E-state index contributed by atoms with van der Waals surface area (Å²) in [5.74, 6) is 1.05. The summed E-state index contributed by atoms with van der Waals surface area (Å²) in [5, 5.41) is 3.24. The van der Waals surface area contributed by atoms with Crippen LogP contribution in [0.3, 0.4) is 0 Å². The van der Waals surface area contributed by atoms with Crippen molar-refractivity contribution in [3.63, 3.8) is 0 Å². The molecule has 0 bridgehead atoms. The quantitative estimate of drug-likeness (QED) is 0.463. The Balaban J connectivity index is 1.51. The fourth-order valence-corrected chi connectivity index (χ4v) is 8.52. The zero-order chi connectivity index (χ0) is 24.3. The molecule has 1 aromatic rings. The van der Waals surface area contributed by atoms with Crippen molar-refractivity contribution in [3.05, 3.63) is 53.0 Å². The number of hydrogen-bond donors (Lipinski definition) is 1. The number of hydrogen-bond acceptors (Lipinski definition) is 1. The summed E-state index contributed by atoms with van der Waals surface area (Å²) in [4.78, 5) is 15.6. The first-order valence-corrected chi connectivity index (χ1v) is 12.6. The van der Waals surface area contributed by atoms with Crippen LogP contribution in [0.1, 0.15) is 70.8 Å². The third-order valence-corrected chi connectivity index (χ3v) is 10.1. The summed E-state index contributed by atoms with van der Waals surface area (Å²) in [6, 6.07) is 8.07. The Kier molecular flexibility index (Phi) is 5.61. The monoisotopic (exact) mass is 470 g/mol. The lowest BCUT2D eigenvalue weighted by molar-refractivity contribution is -0.136. The van der Waals surface area contributed by atoms with Gasteiger partial charge < -0.3 is 5.32 Å². The average molecular weight is 471 g/mol. The van der Waals surface area contributed by atoms with Gasteiger partial charge >= 0.3 is 6.18 Å². The van der Waals surface area contributed by atoms with Crippen molar-refractivity contribution in [2.75, 3.05) is 0 Å². The van der Waals surface area contributed by atoms with Crippen molar-refractivity contribution in [3.8, 4) is 0 Å². The van der Waals surface area contributed by atoms with Crippen LogP contribution in [0, 0.1) is 41.1 Å². The van der Waals surface area contributed by atoms with E-state index in [9.17, 15) is 18.0 Å². The van der Waals surface area contributed by atoms with Gasteiger partial charge in [0.15, 0.2) is 5.70 Å². The van der Waals surface area contributed by atoms with Gasteiger partial charge in [0.1, 0.15) is 0 Å². The van der Waals surface area contributed by atoms with Gasteiger partial charge in [-0.2, -0.15) is 13.2 Å². The maximum atomic E-state index is 14.3. The second-order valence-electron chi connectivity index (χ2n) is 11.5. The van der Waals surface area contributed by atoms with Crippen molar-refractivity contribution in [1.29, 1.82) is 0 Å². The molecule has 5 rings (SSSR count). The molecule has 4 fully saturated rings. The number of carbonyl (C=O) groups excluding carboxylic acids is 1. The first-order valence-electron chi connectivity index (χ1n) is 12.6. The van der Waals surface area contributed by atoms with Gasteiger partial charge in [-0.05, 0) is 72.2 Å². The number of fused-ring (bicyclic) bond motifs is 5. The molecule has 3 saturated carbocycles. The van der Waals surface area contributed by atoms with Gasteiger partial charge in [0.05, 0.1) is 12.1 Å². The number of halogens is 3. The number of benzene rings is 1. The minimum Gasteiger partial charge on any atom is -0.353 e. The largest absolute Gasteiger partial charge is 0.407 e. The minimum atomic E-state index is -4.57. The van der Waals surface area contributed by atoms with E-state index in [1.807, 2.05) is 0 Å². The number of nitrogens with one attached hydrogen (secondary N) is 1.